The van der Waals surface area contributed by atoms with Gasteiger partial charge in [0.1, 0.15) is 0 Å². The van der Waals surface area contributed by atoms with Crippen LogP contribution in [0.5, 0.6) is 0 Å². The van der Waals surface area contributed by atoms with E-state index in [0.29, 0.717) is 0 Å². The van der Waals surface area contributed by atoms with Crippen LogP contribution < -0.4 is 5.32 Å². The quantitative estimate of drug-likeness (QED) is 0.598. The van der Waals surface area contributed by atoms with Gasteiger partial charge in [0.15, 0.2) is 0 Å². The molecule has 2 rings (SSSR count). The Hall–Kier alpha value is -0.190. The molecule has 0 unspecified atom stereocenters. The molecule has 0 saturated heterocycles. The Morgan fingerprint density at radius 3 is 2.78 bits per heavy atom. The summed E-state index contributed by atoms with van der Waals surface area (Å²) in [5, 5.41) is 4.19. The zero-order valence-electron chi connectivity index (χ0n) is 9.66. The third kappa shape index (κ3) is 4.82. The molecule has 0 radical (unpaired) electrons. The largest absolute Gasteiger partial charge is 0.311 e. The van der Waals surface area contributed by atoms with Gasteiger partial charge < -0.3 is 5.32 Å². The van der Waals surface area contributed by atoms with Crippen LogP contribution in [-0.4, -0.2) is 12.3 Å². The summed E-state index contributed by atoms with van der Waals surface area (Å²) in [4.78, 5) is 2.48. The molecular formula is C13H13Cl2NS2. The van der Waals surface area contributed by atoms with Gasteiger partial charge in [0.2, 0.25) is 0 Å². The maximum atomic E-state index is 5.93. The third-order valence-corrected chi connectivity index (χ3v) is 4.73. The summed E-state index contributed by atoms with van der Waals surface area (Å²) >= 11 is 15.2. The summed E-state index contributed by atoms with van der Waals surface area (Å²) in [5.74, 6) is 1.03. The van der Waals surface area contributed by atoms with E-state index in [9.17, 15) is 0 Å². The molecule has 1 aromatic carbocycles. The Bertz CT molecular complexity index is 499. The van der Waals surface area contributed by atoms with Crippen molar-refractivity contribution in [2.45, 2.75) is 11.4 Å². The molecule has 0 aliphatic carbocycles. The molecule has 0 aliphatic rings. The van der Waals surface area contributed by atoms with Gasteiger partial charge in [-0.2, -0.15) is 0 Å². The number of thioether (sulfide) groups is 1. The number of hydrogen-bond donors (Lipinski definition) is 1. The van der Waals surface area contributed by atoms with Crippen molar-refractivity contribution < 1.29 is 0 Å². The van der Waals surface area contributed by atoms with E-state index in [1.165, 1.54) is 9.77 Å². The maximum Gasteiger partial charge on any atom is 0.0931 e. The maximum absolute atomic E-state index is 5.93. The fraction of sp³-hybridized carbons (Fsp3) is 0.231. The lowest BCUT2D eigenvalue weighted by Gasteiger charge is -2.03. The first kappa shape index (κ1) is 14.2. The van der Waals surface area contributed by atoms with Crippen LogP contribution in [0.4, 0.5) is 0 Å². The molecule has 1 heterocycles. The van der Waals surface area contributed by atoms with E-state index in [2.05, 4.69) is 17.4 Å². The molecule has 18 heavy (non-hydrogen) atoms. The Balaban J connectivity index is 1.64. The van der Waals surface area contributed by atoms with Crippen molar-refractivity contribution >= 4 is 46.3 Å². The normalized spacial score (nSPS) is 10.8. The van der Waals surface area contributed by atoms with E-state index in [1.54, 1.807) is 23.1 Å². The van der Waals surface area contributed by atoms with Crippen LogP contribution in [0.15, 0.2) is 41.3 Å². The van der Waals surface area contributed by atoms with Crippen molar-refractivity contribution in [1.29, 1.82) is 0 Å². The molecule has 0 atom stereocenters. The number of hydrogen-bond acceptors (Lipinski definition) is 3. The van der Waals surface area contributed by atoms with Crippen LogP contribution in [0.2, 0.25) is 9.36 Å². The van der Waals surface area contributed by atoms with E-state index in [1.807, 2.05) is 24.3 Å². The second kappa shape index (κ2) is 7.41. The molecule has 2 aromatic rings. The lowest BCUT2D eigenvalue weighted by atomic mass is 10.4. The highest BCUT2D eigenvalue weighted by atomic mass is 35.5. The van der Waals surface area contributed by atoms with Gasteiger partial charge in [0.05, 0.1) is 4.34 Å². The van der Waals surface area contributed by atoms with E-state index < -0.39 is 0 Å². The number of nitrogens with one attached hydrogen (secondary N) is 1. The summed E-state index contributed by atoms with van der Waals surface area (Å²) in [6, 6.07) is 11.9. The van der Waals surface area contributed by atoms with Crippen molar-refractivity contribution in [3.8, 4) is 0 Å². The Labute approximate surface area is 126 Å². The summed E-state index contributed by atoms with van der Waals surface area (Å²) < 4.78 is 0.847. The van der Waals surface area contributed by atoms with E-state index in [4.69, 9.17) is 23.2 Å². The second-order valence-electron chi connectivity index (χ2n) is 3.69. The van der Waals surface area contributed by atoms with Crippen molar-refractivity contribution in [3.63, 3.8) is 0 Å². The topological polar surface area (TPSA) is 12.0 Å². The first-order valence-corrected chi connectivity index (χ1v) is 8.13. The van der Waals surface area contributed by atoms with E-state index >= 15 is 0 Å². The summed E-state index contributed by atoms with van der Waals surface area (Å²) in [5.41, 5.74) is 0. The summed E-state index contributed by atoms with van der Waals surface area (Å²) in [6.07, 6.45) is 0. The molecule has 0 spiro atoms. The smallest absolute Gasteiger partial charge is 0.0931 e. The van der Waals surface area contributed by atoms with E-state index in [0.717, 1.165) is 28.2 Å². The Morgan fingerprint density at radius 2 is 2.06 bits per heavy atom. The zero-order chi connectivity index (χ0) is 12.8. The van der Waals surface area contributed by atoms with Gasteiger partial charge in [-0.3, -0.25) is 0 Å². The molecule has 0 amide bonds. The van der Waals surface area contributed by atoms with Gasteiger partial charge in [0.25, 0.3) is 0 Å². The minimum absolute atomic E-state index is 0.793. The van der Waals surface area contributed by atoms with Crippen LogP contribution in [0.3, 0.4) is 0 Å². The molecule has 96 valence electrons. The molecule has 0 aliphatic heterocycles. The second-order valence-corrected chi connectivity index (χ2v) is 7.09. The van der Waals surface area contributed by atoms with Gasteiger partial charge in [0, 0.05) is 33.6 Å². The van der Waals surface area contributed by atoms with Crippen LogP contribution in [0.1, 0.15) is 4.88 Å². The fourth-order valence-corrected chi connectivity index (χ4v) is 3.64. The monoisotopic (exact) mass is 317 g/mol. The predicted molar refractivity (Wildman–Crippen MR) is 83.2 cm³/mol. The van der Waals surface area contributed by atoms with Gasteiger partial charge in [-0.1, -0.05) is 29.3 Å². The average molecular weight is 318 g/mol. The van der Waals surface area contributed by atoms with Crippen molar-refractivity contribution in [2.75, 3.05) is 12.3 Å². The first-order chi connectivity index (χ1) is 8.74. The third-order valence-electron chi connectivity index (χ3n) is 2.27. The van der Waals surface area contributed by atoms with Gasteiger partial charge in [-0.25, -0.2) is 0 Å². The number of thiophene rings is 1. The van der Waals surface area contributed by atoms with Gasteiger partial charge >= 0.3 is 0 Å². The molecule has 1 aromatic heterocycles. The summed E-state index contributed by atoms with van der Waals surface area (Å²) in [7, 11) is 0. The Kier molecular flexibility index (Phi) is 5.86. The van der Waals surface area contributed by atoms with E-state index in [-0.39, 0.29) is 0 Å². The number of rotatable bonds is 6. The molecule has 0 saturated carbocycles. The summed E-state index contributed by atoms with van der Waals surface area (Å²) in [6.45, 7) is 1.85. The molecule has 1 N–H and O–H groups in total. The number of halogens is 2. The molecule has 0 bridgehead atoms. The van der Waals surface area contributed by atoms with Crippen molar-refractivity contribution in [2.24, 2.45) is 0 Å². The first-order valence-electron chi connectivity index (χ1n) is 5.57. The van der Waals surface area contributed by atoms with Crippen LogP contribution in [-0.2, 0) is 6.54 Å². The predicted octanol–water partition coefficient (Wildman–Crippen LogP) is 4.94. The zero-order valence-corrected chi connectivity index (χ0v) is 12.8. The lowest BCUT2D eigenvalue weighted by molar-refractivity contribution is 0.741. The van der Waals surface area contributed by atoms with Gasteiger partial charge in [-0.15, -0.1) is 23.1 Å². The fourth-order valence-electron chi connectivity index (χ4n) is 1.46. The average Bonchev–Trinajstić information content (AvgIpc) is 2.75. The molecular weight excluding hydrogens is 305 g/mol. The molecule has 0 fully saturated rings. The minimum atomic E-state index is 0.793. The lowest BCUT2D eigenvalue weighted by Crippen LogP contribution is -2.15. The Morgan fingerprint density at radius 1 is 1.17 bits per heavy atom. The van der Waals surface area contributed by atoms with Gasteiger partial charge in [-0.05, 0) is 30.3 Å². The molecule has 1 nitrogen and oxygen atoms in total. The van der Waals surface area contributed by atoms with Crippen LogP contribution in [0, 0.1) is 0 Å². The van der Waals surface area contributed by atoms with Crippen molar-refractivity contribution in [1.82, 2.24) is 5.32 Å². The van der Waals surface area contributed by atoms with Crippen LogP contribution in [0.25, 0.3) is 0 Å². The van der Waals surface area contributed by atoms with Crippen molar-refractivity contribution in [3.05, 3.63) is 50.6 Å². The minimum Gasteiger partial charge on any atom is -0.311 e. The highest BCUT2D eigenvalue weighted by molar-refractivity contribution is 7.99. The standard InChI is InChI=1S/C13H13Cl2NS2/c14-10-2-1-3-11(8-10)17-7-6-16-9-12-4-5-13(15)18-12/h1-5,8,16H,6-7,9H2. The molecule has 5 heteroatoms. The van der Waals surface area contributed by atoms with Crippen LogP contribution >= 0.6 is 46.3 Å². The number of benzene rings is 1. The highest BCUT2D eigenvalue weighted by Crippen LogP contribution is 2.22. The SMILES string of the molecule is Clc1cccc(SCCNCc2ccc(Cl)s2)c1. The highest BCUT2D eigenvalue weighted by Gasteiger charge is 1.98.